The molecule has 0 amide bonds. The van der Waals surface area contributed by atoms with E-state index in [9.17, 15) is 4.79 Å². The largest absolute Gasteiger partial charge is 0.496 e. The molecule has 0 aromatic heterocycles. The van der Waals surface area contributed by atoms with Crippen LogP contribution in [-0.4, -0.2) is 26.0 Å². The van der Waals surface area contributed by atoms with Crippen LogP contribution in [0.2, 0.25) is 0 Å². The minimum Gasteiger partial charge on any atom is -0.496 e. The number of nitrogens with one attached hydrogen (secondary N) is 1. The monoisotopic (exact) mass is 235 g/mol. The molecule has 3 nitrogen and oxygen atoms in total. The lowest BCUT2D eigenvalue weighted by Crippen LogP contribution is -2.24. The predicted octanol–water partition coefficient (Wildman–Crippen LogP) is 2.49. The molecule has 1 rings (SSSR count). The average molecular weight is 235 g/mol. The molecule has 0 saturated heterocycles. The highest BCUT2D eigenvalue weighted by Crippen LogP contribution is 2.22. The van der Waals surface area contributed by atoms with Gasteiger partial charge in [0.2, 0.25) is 0 Å². The summed E-state index contributed by atoms with van der Waals surface area (Å²) in [6.07, 6.45) is 1.04. The van der Waals surface area contributed by atoms with Crippen molar-refractivity contribution >= 4 is 5.78 Å². The van der Waals surface area contributed by atoms with E-state index in [0.29, 0.717) is 6.54 Å². The molecule has 1 N–H and O–H groups in total. The molecule has 0 aliphatic heterocycles. The number of ketones is 1. The van der Waals surface area contributed by atoms with E-state index in [1.54, 1.807) is 7.11 Å². The maximum Gasteiger partial charge on any atom is 0.176 e. The lowest BCUT2D eigenvalue weighted by Gasteiger charge is -2.11. The predicted molar refractivity (Wildman–Crippen MR) is 70.0 cm³/mol. The highest BCUT2D eigenvalue weighted by atomic mass is 16.5. The normalized spacial score (nSPS) is 10.4. The van der Waals surface area contributed by atoms with Crippen molar-refractivity contribution in [3.63, 3.8) is 0 Å². The number of methoxy groups -OCH3 is 1. The van der Waals surface area contributed by atoms with Gasteiger partial charge < -0.3 is 10.1 Å². The Bertz CT molecular complexity index is 399. The van der Waals surface area contributed by atoms with E-state index in [2.05, 4.69) is 12.2 Å². The molecule has 94 valence electrons. The fourth-order valence-corrected chi connectivity index (χ4v) is 1.78. The fourth-order valence-electron chi connectivity index (χ4n) is 1.78. The smallest absolute Gasteiger partial charge is 0.176 e. The van der Waals surface area contributed by atoms with E-state index in [-0.39, 0.29) is 5.78 Å². The maximum atomic E-state index is 12.0. The van der Waals surface area contributed by atoms with Gasteiger partial charge in [-0.15, -0.1) is 0 Å². The van der Waals surface area contributed by atoms with Gasteiger partial charge in [-0.25, -0.2) is 0 Å². The summed E-state index contributed by atoms with van der Waals surface area (Å²) in [5, 5.41) is 3.13. The van der Waals surface area contributed by atoms with Crippen molar-refractivity contribution in [2.75, 3.05) is 20.2 Å². The van der Waals surface area contributed by atoms with Gasteiger partial charge in [-0.2, -0.15) is 0 Å². The van der Waals surface area contributed by atoms with Crippen LogP contribution in [0.3, 0.4) is 0 Å². The minimum absolute atomic E-state index is 0.140. The number of ether oxygens (including phenoxy) is 1. The van der Waals surface area contributed by atoms with Crippen LogP contribution in [0.25, 0.3) is 0 Å². The van der Waals surface area contributed by atoms with Gasteiger partial charge in [-0.05, 0) is 50.1 Å². The number of rotatable bonds is 6. The van der Waals surface area contributed by atoms with Gasteiger partial charge in [0.05, 0.1) is 13.7 Å². The molecule has 0 atom stereocenters. The van der Waals surface area contributed by atoms with E-state index in [0.717, 1.165) is 35.4 Å². The molecule has 1 aromatic carbocycles. The first-order valence-electron chi connectivity index (χ1n) is 5.99. The number of aryl methyl sites for hydroxylation is 2. The summed E-state index contributed by atoms with van der Waals surface area (Å²) in [4.78, 5) is 12.0. The van der Waals surface area contributed by atoms with Gasteiger partial charge in [0.25, 0.3) is 0 Å². The third-order valence-electron chi connectivity index (χ3n) is 2.75. The molecule has 0 spiro atoms. The van der Waals surface area contributed by atoms with Gasteiger partial charge in [0.1, 0.15) is 5.75 Å². The topological polar surface area (TPSA) is 38.3 Å². The first-order chi connectivity index (χ1) is 8.10. The molecule has 0 aliphatic rings. The second-order valence-electron chi connectivity index (χ2n) is 4.24. The molecule has 0 aliphatic carbocycles. The molecular weight excluding hydrogens is 214 g/mol. The van der Waals surface area contributed by atoms with Gasteiger partial charge in [0.15, 0.2) is 5.78 Å². The summed E-state index contributed by atoms with van der Waals surface area (Å²) in [5.41, 5.74) is 2.75. The van der Waals surface area contributed by atoms with Crippen molar-refractivity contribution in [3.8, 4) is 5.75 Å². The number of benzene rings is 1. The third-order valence-corrected chi connectivity index (χ3v) is 2.75. The lowest BCUT2D eigenvalue weighted by molar-refractivity contribution is 0.0990. The number of Topliss-reactive ketones (excluding diaryl/α,β-unsaturated/α-hetero) is 1. The maximum absolute atomic E-state index is 12.0. The Kier molecular flexibility index (Phi) is 5.16. The summed E-state index contributed by atoms with van der Waals surface area (Å²) >= 11 is 0. The van der Waals surface area contributed by atoms with Crippen LogP contribution in [0.1, 0.15) is 34.8 Å². The molecule has 3 heteroatoms. The number of hydrogen-bond acceptors (Lipinski definition) is 3. The summed E-state index contributed by atoms with van der Waals surface area (Å²) in [6.45, 7) is 7.25. The second kappa shape index (κ2) is 6.40. The zero-order valence-electron chi connectivity index (χ0n) is 11.1. The number of hydrogen-bond donors (Lipinski definition) is 1. The van der Waals surface area contributed by atoms with Crippen LogP contribution < -0.4 is 10.1 Å². The number of carbonyl (C=O) groups is 1. The van der Waals surface area contributed by atoms with Crippen LogP contribution >= 0.6 is 0 Å². The standard InChI is InChI=1S/C14H21NO2/c1-5-6-15-9-13(16)12-7-11(3)14(17-4)8-10(12)2/h7-8,15H,5-6,9H2,1-4H3. The Hall–Kier alpha value is -1.35. The first-order valence-corrected chi connectivity index (χ1v) is 5.99. The SMILES string of the molecule is CCCNCC(=O)c1cc(C)c(OC)cc1C. The molecule has 1 aromatic rings. The zero-order chi connectivity index (χ0) is 12.8. The molecule has 0 unspecified atom stereocenters. The molecule has 0 radical (unpaired) electrons. The molecule has 0 saturated carbocycles. The van der Waals surface area contributed by atoms with Crippen molar-refractivity contribution in [1.29, 1.82) is 0 Å². The van der Waals surface area contributed by atoms with Crippen molar-refractivity contribution in [1.82, 2.24) is 5.32 Å². The Balaban J connectivity index is 2.83. The Morgan fingerprint density at radius 1 is 1.29 bits per heavy atom. The second-order valence-corrected chi connectivity index (χ2v) is 4.24. The van der Waals surface area contributed by atoms with Crippen molar-refractivity contribution < 1.29 is 9.53 Å². The van der Waals surface area contributed by atoms with Crippen LogP contribution in [0, 0.1) is 13.8 Å². The van der Waals surface area contributed by atoms with E-state index < -0.39 is 0 Å². The van der Waals surface area contributed by atoms with Gasteiger partial charge >= 0.3 is 0 Å². The van der Waals surface area contributed by atoms with E-state index in [1.807, 2.05) is 26.0 Å². The van der Waals surface area contributed by atoms with Crippen LogP contribution in [0.15, 0.2) is 12.1 Å². The van der Waals surface area contributed by atoms with Crippen molar-refractivity contribution in [2.45, 2.75) is 27.2 Å². The van der Waals surface area contributed by atoms with Crippen molar-refractivity contribution in [3.05, 3.63) is 28.8 Å². The van der Waals surface area contributed by atoms with Crippen LogP contribution in [0.5, 0.6) is 5.75 Å². The molecule has 17 heavy (non-hydrogen) atoms. The van der Waals surface area contributed by atoms with E-state index in [4.69, 9.17) is 4.74 Å². The number of carbonyl (C=O) groups excluding carboxylic acids is 1. The summed E-state index contributed by atoms with van der Waals surface area (Å²) in [6, 6.07) is 3.83. The molecule has 0 fully saturated rings. The van der Waals surface area contributed by atoms with Crippen LogP contribution in [0.4, 0.5) is 0 Å². The lowest BCUT2D eigenvalue weighted by atomic mass is 10.0. The third kappa shape index (κ3) is 3.56. The van der Waals surface area contributed by atoms with Crippen molar-refractivity contribution in [2.24, 2.45) is 0 Å². The first kappa shape index (κ1) is 13.7. The Morgan fingerprint density at radius 2 is 2.00 bits per heavy atom. The summed E-state index contributed by atoms with van der Waals surface area (Å²) in [5.74, 6) is 0.974. The average Bonchev–Trinajstić information content (AvgIpc) is 2.31. The Morgan fingerprint density at radius 3 is 2.59 bits per heavy atom. The molecular formula is C14H21NO2. The van der Waals surface area contributed by atoms with Gasteiger partial charge in [-0.1, -0.05) is 6.92 Å². The molecule has 0 bridgehead atoms. The van der Waals surface area contributed by atoms with Gasteiger partial charge in [-0.3, -0.25) is 4.79 Å². The molecule has 0 heterocycles. The fraction of sp³-hybridized carbons (Fsp3) is 0.500. The van der Waals surface area contributed by atoms with E-state index in [1.165, 1.54) is 0 Å². The highest BCUT2D eigenvalue weighted by Gasteiger charge is 2.11. The quantitative estimate of drug-likeness (QED) is 0.608. The zero-order valence-corrected chi connectivity index (χ0v) is 11.1. The minimum atomic E-state index is 0.140. The van der Waals surface area contributed by atoms with E-state index >= 15 is 0 Å². The van der Waals surface area contributed by atoms with Gasteiger partial charge in [0, 0.05) is 5.56 Å². The Labute approximate surface area is 103 Å². The summed E-state index contributed by atoms with van der Waals surface area (Å²) < 4.78 is 5.23. The summed E-state index contributed by atoms with van der Waals surface area (Å²) in [7, 11) is 1.64. The van der Waals surface area contributed by atoms with Crippen LogP contribution in [-0.2, 0) is 0 Å². The highest BCUT2D eigenvalue weighted by molar-refractivity contribution is 5.99.